The summed E-state index contributed by atoms with van der Waals surface area (Å²) >= 11 is 1.29. The van der Waals surface area contributed by atoms with E-state index in [4.69, 9.17) is 5.11 Å². The van der Waals surface area contributed by atoms with Crippen LogP contribution in [-0.4, -0.2) is 32.4 Å². The molecule has 0 aliphatic carbocycles. The molecule has 2 N–H and O–H groups in total. The number of carbonyl (C=O) groups is 1. The molecule has 7 heteroatoms. The molecule has 0 unspecified atom stereocenters. The SMILES string of the molecule is Cn1ncnc1NC(=O)c1ccc(C#CCCO)s1. The smallest absolute Gasteiger partial charge is 0.268 e. The van der Waals surface area contributed by atoms with Crippen molar-refractivity contribution < 1.29 is 9.90 Å². The number of hydrogen-bond acceptors (Lipinski definition) is 5. The predicted octanol–water partition coefficient (Wildman–Crippen LogP) is 0.863. The summed E-state index contributed by atoms with van der Waals surface area (Å²) in [7, 11) is 1.70. The third kappa shape index (κ3) is 3.40. The Bertz CT molecular complexity index is 635. The number of carbonyl (C=O) groups excluding carboxylic acids is 1. The molecule has 2 heterocycles. The maximum Gasteiger partial charge on any atom is 0.268 e. The van der Waals surface area contributed by atoms with Crippen molar-refractivity contribution in [2.45, 2.75) is 6.42 Å². The van der Waals surface area contributed by atoms with E-state index < -0.39 is 0 Å². The van der Waals surface area contributed by atoms with Crippen molar-refractivity contribution in [3.63, 3.8) is 0 Å². The summed E-state index contributed by atoms with van der Waals surface area (Å²) in [6.45, 7) is 0.0396. The van der Waals surface area contributed by atoms with Gasteiger partial charge in [0.25, 0.3) is 5.91 Å². The molecule has 2 aromatic rings. The highest BCUT2D eigenvalue weighted by Gasteiger charge is 2.11. The third-order valence-corrected chi connectivity index (χ3v) is 3.21. The average Bonchev–Trinajstić information content (AvgIpc) is 3.00. The van der Waals surface area contributed by atoms with E-state index in [1.165, 1.54) is 22.3 Å². The lowest BCUT2D eigenvalue weighted by Crippen LogP contribution is -2.13. The summed E-state index contributed by atoms with van der Waals surface area (Å²) in [5, 5.41) is 15.2. The predicted molar refractivity (Wildman–Crippen MR) is 71.9 cm³/mol. The van der Waals surface area contributed by atoms with Crippen molar-refractivity contribution in [2.24, 2.45) is 7.05 Å². The second-order valence-electron chi connectivity index (χ2n) is 3.60. The molecular formula is C12H12N4O2S. The van der Waals surface area contributed by atoms with Crippen molar-refractivity contribution in [3.8, 4) is 11.8 Å². The van der Waals surface area contributed by atoms with Crippen LogP contribution < -0.4 is 5.32 Å². The van der Waals surface area contributed by atoms with E-state index in [0.717, 1.165) is 4.88 Å². The fourth-order valence-electron chi connectivity index (χ4n) is 1.31. The Balaban J connectivity index is 2.05. The number of anilines is 1. The number of aromatic nitrogens is 3. The number of nitrogens with one attached hydrogen (secondary N) is 1. The van der Waals surface area contributed by atoms with Crippen LogP contribution in [0.4, 0.5) is 5.95 Å². The van der Waals surface area contributed by atoms with Crippen LogP contribution in [0, 0.1) is 11.8 Å². The molecule has 0 bridgehead atoms. The van der Waals surface area contributed by atoms with Crippen molar-refractivity contribution >= 4 is 23.2 Å². The fraction of sp³-hybridized carbons (Fsp3) is 0.250. The first kappa shape index (κ1) is 13.3. The number of amides is 1. The zero-order valence-corrected chi connectivity index (χ0v) is 11.1. The van der Waals surface area contributed by atoms with Gasteiger partial charge in [0.2, 0.25) is 5.95 Å². The van der Waals surface area contributed by atoms with Crippen molar-refractivity contribution in [3.05, 3.63) is 28.2 Å². The van der Waals surface area contributed by atoms with Crippen LogP contribution in [-0.2, 0) is 7.05 Å². The van der Waals surface area contributed by atoms with Crippen LogP contribution in [0.15, 0.2) is 18.5 Å². The standard InChI is InChI=1S/C12H12N4O2S/c1-16-12(13-8-14-16)15-11(18)10-6-5-9(19-10)4-2-3-7-17/h5-6,8,17H,3,7H2,1H3,(H,13,14,15,18). The van der Waals surface area contributed by atoms with Gasteiger partial charge in [0.15, 0.2) is 0 Å². The topological polar surface area (TPSA) is 80.0 Å². The van der Waals surface area contributed by atoms with Crippen LogP contribution in [0.2, 0.25) is 0 Å². The maximum absolute atomic E-state index is 11.9. The first-order valence-electron chi connectivity index (χ1n) is 5.55. The Morgan fingerprint density at radius 1 is 1.58 bits per heavy atom. The van der Waals surface area contributed by atoms with E-state index in [9.17, 15) is 4.79 Å². The zero-order chi connectivity index (χ0) is 13.7. The molecule has 0 atom stereocenters. The quantitative estimate of drug-likeness (QED) is 0.815. The van der Waals surface area contributed by atoms with Gasteiger partial charge in [-0.2, -0.15) is 10.1 Å². The molecular weight excluding hydrogens is 264 g/mol. The van der Waals surface area contributed by atoms with E-state index in [0.29, 0.717) is 17.2 Å². The fourth-order valence-corrected chi connectivity index (χ4v) is 2.08. The highest BCUT2D eigenvalue weighted by atomic mass is 32.1. The van der Waals surface area contributed by atoms with Crippen LogP contribution in [0.5, 0.6) is 0 Å². The van der Waals surface area contributed by atoms with Gasteiger partial charge in [0.1, 0.15) is 6.33 Å². The van der Waals surface area contributed by atoms with Gasteiger partial charge < -0.3 is 5.11 Å². The molecule has 0 saturated carbocycles. The summed E-state index contributed by atoms with van der Waals surface area (Å²) in [6.07, 6.45) is 1.80. The van der Waals surface area contributed by atoms with E-state index in [-0.39, 0.29) is 12.5 Å². The lowest BCUT2D eigenvalue weighted by Gasteiger charge is -2.00. The lowest BCUT2D eigenvalue weighted by molar-refractivity contribution is 0.102. The Morgan fingerprint density at radius 2 is 2.42 bits per heavy atom. The zero-order valence-electron chi connectivity index (χ0n) is 10.3. The highest BCUT2D eigenvalue weighted by Crippen LogP contribution is 2.16. The van der Waals surface area contributed by atoms with Gasteiger partial charge in [-0.1, -0.05) is 11.8 Å². The average molecular weight is 276 g/mol. The summed E-state index contributed by atoms with van der Waals surface area (Å²) in [5.41, 5.74) is 0. The van der Waals surface area contributed by atoms with Crippen LogP contribution in [0.3, 0.4) is 0 Å². The van der Waals surface area contributed by atoms with Gasteiger partial charge in [-0.25, -0.2) is 4.68 Å². The lowest BCUT2D eigenvalue weighted by atomic mass is 10.4. The molecule has 98 valence electrons. The molecule has 0 aromatic carbocycles. The largest absolute Gasteiger partial charge is 0.395 e. The summed E-state index contributed by atoms with van der Waals surface area (Å²) in [6, 6.07) is 3.49. The van der Waals surface area contributed by atoms with E-state index >= 15 is 0 Å². The maximum atomic E-state index is 11.9. The molecule has 1 amide bonds. The Morgan fingerprint density at radius 3 is 3.11 bits per heavy atom. The van der Waals surface area contributed by atoms with Gasteiger partial charge >= 0.3 is 0 Å². The molecule has 0 radical (unpaired) electrons. The van der Waals surface area contributed by atoms with Crippen molar-refractivity contribution in [1.82, 2.24) is 14.8 Å². The Hall–Kier alpha value is -2.17. The molecule has 0 saturated heterocycles. The number of thiophene rings is 1. The normalized spacial score (nSPS) is 9.79. The minimum absolute atomic E-state index is 0.0396. The second-order valence-corrected chi connectivity index (χ2v) is 4.68. The summed E-state index contributed by atoms with van der Waals surface area (Å²) < 4.78 is 1.48. The van der Waals surface area contributed by atoms with E-state index in [1.807, 2.05) is 0 Å². The first-order valence-corrected chi connectivity index (χ1v) is 6.37. The van der Waals surface area contributed by atoms with Crippen LogP contribution in [0.1, 0.15) is 21.0 Å². The van der Waals surface area contributed by atoms with Gasteiger partial charge in [0, 0.05) is 13.5 Å². The minimum atomic E-state index is -0.240. The molecule has 2 rings (SSSR count). The molecule has 0 spiro atoms. The van der Waals surface area contributed by atoms with Gasteiger partial charge in [-0.05, 0) is 12.1 Å². The Kier molecular flexibility index (Phi) is 4.28. The van der Waals surface area contributed by atoms with Crippen LogP contribution in [0.25, 0.3) is 0 Å². The Labute approximate surface area is 114 Å². The van der Waals surface area contributed by atoms with Crippen LogP contribution >= 0.6 is 11.3 Å². The molecule has 0 aliphatic rings. The molecule has 0 aliphatic heterocycles. The first-order chi connectivity index (χ1) is 9.20. The summed E-state index contributed by atoms with van der Waals surface area (Å²) in [5.74, 6) is 5.85. The second kappa shape index (κ2) is 6.13. The van der Waals surface area contributed by atoms with Gasteiger partial charge in [-0.3, -0.25) is 10.1 Å². The molecule has 19 heavy (non-hydrogen) atoms. The highest BCUT2D eigenvalue weighted by molar-refractivity contribution is 7.14. The molecule has 6 nitrogen and oxygen atoms in total. The van der Waals surface area contributed by atoms with E-state index in [1.54, 1.807) is 19.2 Å². The number of hydrogen-bond donors (Lipinski definition) is 2. The minimum Gasteiger partial charge on any atom is -0.395 e. The molecule has 0 fully saturated rings. The number of aryl methyl sites for hydroxylation is 1. The van der Waals surface area contributed by atoms with Gasteiger partial charge in [-0.15, -0.1) is 11.3 Å². The number of aliphatic hydroxyl groups is 1. The van der Waals surface area contributed by atoms with Gasteiger partial charge in [0.05, 0.1) is 16.4 Å². The number of aliphatic hydroxyl groups excluding tert-OH is 1. The van der Waals surface area contributed by atoms with Crippen molar-refractivity contribution in [1.29, 1.82) is 0 Å². The number of rotatable bonds is 3. The van der Waals surface area contributed by atoms with Crippen molar-refractivity contribution in [2.75, 3.05) is 11.9 Å². The molecule has 2 aromatic heterocycles. The monoisotopic (exact) mass is 276 g/mol. The third-order valence-electron chi connectivity index (χ3n) is 2.21. The number of nitrogens with zero attached hydrogens (tertiary/aromatic N) is 3. The van der Waals surface area contributed by atoms with E-state index in [2.05, 4.69) is 27.2 Å². The summed E-state index contributed by atoms with van der Waals surface area (Å²) in [4.78, 5) is 17.2.